The van der Waals surface area contributed by atoms with E-state index in [-0.39, 0.29) is 0 Å². The summed E-state index contributed by atoms with van der Waals surface area (Å²) < 4.78 is 10.4. The van der Waals surface area contributed by atoms with Gasteiger partial charge >= 0.3 is 0 Å². The summed E-state index contributed by atoms with van der Waals surface area (Å²) in [4.78, 5) is 0. The Balaban J connectivity index is 3.29. The largest absolute Gasteiger partial charge is 0.239 e. The summed E-state index contributed by atoms with van der Waals surface area (Å²) in [5, 5.41) is 0. The molecule has 1 aliphatic heterocycles. The zero-order chi connectivity index (χ0) is 15.5. The number of nitrogens with zero attached hydrogens (tertiary/aromatic N) is 4. The summed E-state index contributed by atoms with van der Waals surface area (Å²) in [5.74, 6) is 1.55. The Morgan fingerprint density at radius 2 is 1.20 bits per heavy atom. The first kappa shape index (κ1) is 18.2. The van der Waals surface area contributed by atoms with Gasteiger partial charge in [0.1, 0.15) is 0 Å². The molecule has 0 N–H and O–H groups in total. The standard InChI is InChI=1S/C15H36N4S/c1-9-18-12-14(3)11-15(4)13-19(10-2)20(18,16(5)6)17(7)8/h14-15H,9-13H2,1-8H3. The number of rotatable bonds is 4. The third-order valence-electron chi connectivity index (χ3n) is 4.21. The Kier molecular flexibility index (Phi) is 6.80. The van der Waals surface area contributed by atoms with Crippen molar-refractivity contribution in [3.8, 4) is 0 Å². The summed E-state index contributed by atoms with van der Waals surface area (Å²) in [6, 6.07) is 0. The third kappa shape index (κ3) is 3.33. The van der Waals surface area contributed by atoms with Gasteiger partial charge in [-0.15, -0.1) is 0 Å². The van der Waals surface area contributed by atoms with Gasteiger partial charge in [0.2, 0.25) is 0 Å². The van der Waals surface area contributed by atoms with Crippen LogP contribution in [0.25, 0.3) is 0 Å². The van der Waals surface area contributed by atoms with Crippen LogP contribution >= 0.6 is 10.8 Å². The van der Waals surface area contributed by atoms with Gasteiger partial charge in [0, 0.05) is 26.2 Å². The van der Waals surface area contributed by atoms with E-state index in [2.05, 4.69) is 73.1 Å². The van der Waals surface area contributed by atoms with E-state index in [9.17, 15) is 0 Å². The van der Waals surface area contributed by atoms with Crippen molar-refractivity contribution in [2.75, 3.05) is 54.4 Å². The smallest absolute Gasteiger partial charge is 0.0134 e. The maximum atomic E-state index is 2.72. The van der Waals surface area contributed by atoms with Crippen LogP contribution in [0.4, 0.5) is 0 Å². The molecule has 0 amide bonds. The fraction of sp³-hybridized carbons (Fsp3) is 1.00. The van der Waals surface area contributed by atoms with Gasteiger partial charge in [0.15, 0.2) is 0 Å². The van der Waals surface area contributed by atoms with Crippen molar-refractivity contribution < 1.29 is 0 Å². The predicted octanol–water partition coefficient (Wildman–Crippen LogP) is 2.89. The van der Waals surface area contributed by atoms with Gasteiger partial charge in [0.05, 0.1) is 0 Å². The van der Waals surface area contributed by atoms with E-state index in [4.69, 9.17) is 0 Å². The van der Waals surface area contributed by atoms with E-state index in [0.29, 0.717) is 0 Å². The summed E-state index contributed by atoms with van der Waals surface area (Å²) in [6.45, 7) is 14.1. The monoisotopic (exact) mass is 304 g/mol. The topological polar surface area (TPSA) is 13.0 Å². The molecule has 0 aliphatic carbocycles. The van der Waals surface area contributed by atoms with Crippen LogP contribution in [-0.4, -0.2) is 71.6 Å². The molecule has 0 aromatic rings. The maximum absolute atomic E-state index is 2.72. The van der Waals surface area contributed by atoms with Crippen LogP contribution < -0.4 is 0 Å². The first-order chi connectivity index (χ1) is 9.30. The molecule has 2 atom stereocenters. The summed E-state index contributed by atoms with van der Waals surface area (Å²) in [5.41, 5.74) is 0. The lowest BCUT2D eigenvalue weighted by molar-refractivity contribution is 0.232. The molecule has 2 unspecified atom stereocenters. The molecule has 0 spiro atoms. The molecule has 5 heteroatoms. The summed E-state index contributed by atoms with van der Waals surface area (Å²) >= 11 is 0. The molecule has 0 saturated carbocycles. The molecule has 1 saturated heterocycles. The Labute approximate surface area is 128 Å². The van der Waals surface area contributed by atoms with Crippen molar-refractivity contribution in [1.29, 1.82) is 0 Å². The van der Waals surface area contributed by atoms with Crippen molar-refractivity contribution in [3.05, 3.63) is 0 Å². The first-order valence-electron chi connectivity index (χ1n) is 7.99. The number of hydrogen-bond donors (Lipinski definition) is 0. The van der Waals surface area contributed by atoms with Gasteiger partial charge in [-0.1, -0.05) is 27.7 Å². The first-order valence-corrected chi connectivity index (χ1v) is 9.45. The SMILES string of the molecule is CCN1CC(C)CC(C)CN(CC)S1(N(C)C)N(C)C. The molecule has 1 fully saturated rings. The zero-order valence-electron chi connectivity index (χ0n) is 14.9. The van der Waals surface area contributed by atoms with Crippen molar-refractivity contribution in [1.82, 2.24) is 17.2 Å². The summed E-state index contributed by atoms with van der Waals surface area (Å²) in [6.07, 6.45) is 1.34. The van der Waals surface area contributed by atoms with E-state index in [1.807, 2.05) is 0 Å². The second-order valence-electron chi connectivity index (χ2n) is 6.52. The van der Waals surface area contributed by atoms with Crippen LogP contribution in [0.3, 0.4) is 0 Å². The van der Waals surface area contributed by atoms with E-state index in [0.717, 1.165) is 24.9 Å². The lowest BCUT2D eigenvalue weighted by atomic mass is 9.97. The highest BCUT2D eigenvalue weighted by atomic mass is 32.3. The van der Waals surface area contributed by atoms with E-state index < -0.39 is 10.8 Å². The normalized spacial score (nSPS) is 31.3. The molecule has 0 aromatic heterocycles. The van der Waals surface area contributed by atoms with Crippen molar-refractivity contribution in [3.63, 3.8) is 0 Å². The number of hydrogen-bond acceptors (Lipinski definition) is 4. The lowest BCUT2D eigenvalue weighted by Crippen LogP contribution is -2.56. The molecule has 1 rings (SSSR count). The van der Waals surface area contributed by atoms with Crippen LogP contribution in [0, 0.1) is 11.8 Å². The van der Waals surface area contributed by atoms with E-state index in [1.165, 1.54) is 19.5 Å². The fourth-order valence-corrected chi connectivity index (χ4v) is 8.18. The van der Waals surface area contributed by atoms with Crippen molar-refractivity contribution >= 4 is 10.8 Å². The van der Waals surface area contributed by atoms with Gasteiger partial charge < -0.3 is 0 Å². The molecule has 1 heterocycles. The molecule has 20 heavy (non-hydrogen) atoms. The second-order valence-corrected chi connectivity index (χ2v) is 10.00. The van der Waals surface area contributed by atoms with E-state index >= 15 is 0 Å². The zero-order valence-corrected chi connectivity index (χ0v) is 15.7. The third-order valence-corrected chi connectivity index (χ3v) is 8.37. The minimum Gasteiger partial charge on any atom is -0.239 e. The predicted molar refractivity (Wildman–Crippen MR) is 92.4 cm³/mol. The Morgan fingerprint density at radius 1 is 0.850 bits per heavy atom. The van der Waals surface area contributed by atoms with Gasteiger partial charge in [-0.05, 0) is 57.2 Å². The average Bonchev–Trinajstić information content (AvgIpc) is 2.33. The van der Waals surface area contributed by atoms with Crippen LogP contribution in [0.1, 0.15) is 34.1 Å². The highest BCUT2D eigenvalue weighted by Crippen LogP contribution is 2.59. The Morgan fingerprint density at radius 3 is 1.45 bits per heavy atom. The molecule has 122 valence electrons. The minimum absolute atomic E-state index is 0.774. The van der Waals surface area contributed by atoms with Crippen LogP contribution in [0.2, 0.25) is 0 Å². The molecule has 0 bridgehead atoms. The molecule has 0 aromatic carbocycles. The van der Waals surface area contributed by atoms with Crippen molar-refractivity contribution in [2.45, 2.75) is 34.1 Å². The van der Waals surface area contributed by atoms with Crippen LogP contribution in [0.15, 0.2) is 0 Å². The lowest BCUT2D eigenvalue weighted by Gasteiger charge is -2.63. The quantitative estimate of drug-likeness (QED) is 0.792. The highest BCUT2D eigenvalue weighted by Gasteiger charge is 2.42. The second kappa shape index (κ2) is 7.45. The van der Waals surface area contributed by atoms with E-state index in [1.54, 1.807) is 0 Å². The Hall–Kier alpha value is 0.190. The molecule has 4 nitrogen and oxygen atoms in total. The molecular weight excluding hydrogens is 268 g/mol. The van der Waals surface area contributed by atoms with Gasteiger partial charge in [-0.2, -0.15) is 0 Å². The van der Waals surface area contributed by atoms with Crippen LogP contribution in [-0.2, 0) is 0 Å². The molecular formula is C15H36N4S. The average molecular weight is 305 g/mol. The highest BCUT2D eigenvalue weighted by molar-refractivity contribution is 8.25. The maximum Gasteiger partial charge on any atom is 0.0134 e. The van der Waals surface area contributed by atoms with Gasteiger partial charge in [-0.3, -0.25) is 0 Å². The van der Waals surface area contributed by atoms with Crippen LogP contribution in [0.5, 0.6) is 0 Å². The van der Waals surface area contributed by atoms with Crippen molar-refractivity contribution in [2.24, 2.45) is 11.8 Å². The fourth-order valence-electron chi connectivity index (χ4n) is 3.75. The molecule has 1 aliphatic rings. The summed E-state index contributed by atoms with van der Waals surface area (Å²) in [7, 11) is 7.79. The minimum atomic E-state index is -1.20. The molecule has 0 radical (unpaired) electrons. The Bertz CT molecular complexity index is 268. The van der Waals surface area contributed by atoms with Gasteiger partial charge in [-0.25, -0.2) is 17.2 Å². The van der Waals surface area contributed by atoms with Gasteiger partial charge in [0.25, 0.3) is 0 Å².